The first-order valence-corrected chi connectivity index (χ1v) is 15.4. The average Bonchev–Trinajstić information content (AvgIpc) is 3.27. The summed E-state index contributed by atoms with van der Waals surface area (Å²) in [4.78, 5) is 19.9. The molecular formula is C22H36ClF3N4O3S2. The smallest absolute Gasteiger partial charge is 0.376 e. The third-order valence-electron chi connectivity index (χ3n) is 5.85. The van der Waals surface area contributed by atoms with Crippen molar-refractivity contribution < 1.29 is 26.9 Å². The third kappa shape index (κ3) is 9.14. The molecule has 35 heavy (non-hydrogen) atoms. The fraction of sp³-hybridized carbons (Fsp3) is 0.773. The number of nitrogens with one attached hydrogen (secondary N) is 2. The number of hydrogen-bond donors (Lipinski definition) is 2. The van der Waals surface area contributed by atoms with Crippen molar-refractivity contribution in [1.29, 1.82) is 0 Å². The van der Waals surface area contributed by atoms with Crippen molar-refractivity contribution >= 4 is 51.1 Å². The minimum absolute atomic E-state index is 0.00448. The Bertz CT molecular complexity index is 824. The van der Waals surface area contributed by atoms with Crippen LogP contribution in [0.2, 0.25) is 5.15 Å². The van der Waals surface area contributed by atoms with Gasteiger partial charge in [0.2, 0.25) is 0 Å². The molecule has 2 atom stereocenters. The number of aromatic nitrogens is 2. The number of hydrogen-bond acceptors (Lipinski definition) is 7. The SMILES string of the molecule is CCCSc1nc(Cl)c(NC(=O)C(F)(F)F)c(NC2CCC(OCCOS(CC)(CC)CC)C2)n1. The van der Waals surface area contributed by atoms with Gasteiger partial charge in [0.15, 0.2) is 16.1 Å². The highest BCUT2D eigenvalue weighted by atomic mass is 35.5. The number of carbonyl (C=O) groups is 1. The minimum Gasteiger partial charge on any atom is -0.376 e. The fourth-order valence-corrected chi connectivity index (χ4v) is 6.89. The van der Waals surface area contributed by atoms with E-state index >= 15 is 0 Å². The molecule has 0 aromatic carbocycles. The second kappa shape index (κ2) is 14.1. The van der Waals surface area contributed by atoms with Gasteiger partial charge in [0.05, 0.1) is 19.3 Å². The third-order valence-corrected chi connectivity index (χ3v) is 11.0. The van der Waals surface area contributed by atoms with Crippen molar-refractivity contribution in [2.75, 3.05) is 46.9 Å². The lowest BCUT2D eigenvalue weighted by Gasteiger charge is -2.36. The Hall–Kier alpha value is -0.950. The maximum absolute atomic E-state index is 12.8. The minimum atomic E-state index is -5.06. The first-order valence-electron chi connectivity index (χ1n) is 11.9. The van der Waals surface area contributed by atoms with Gasteiger partial charge in [-0.1, -0.05) is 51.1 Å². The van der Waals surface area contributed by atoms with Crippen LogP contribution in [0, 0.1) is 0 Å². The number of amides is 1. The molecule has 0 bridgehead atoms. The Labute approximate surface area is 216 Å². The molecule has 0 saturated heterocycles. The molecule has 1 aliphatic rings. The van der Waals surface area contributed by atoms with Crippen molar-refractivity contribution in [2.45, 2.75) is 76.9 Å². The molecule has 2 N–H and O–H groups in total. The molecule has 1 fully saturated rings. The number of carbonyl (C=O) groups excluding carboxylic acids is 1. The monoisotopic (exact) mass is 560 g/mol. The number of thioether (sulfide) groups is 1. The number of nitrogens with zero attached hydrogens (tertiary/aromatic N) is 2. The number of rotatable bonds is 14. The quantitative estimate of drug-likeness (QED) is 0.120. The zero-order valence-electron chi connectivity index (χ0n) is 20.7. The topological polar surface area (TPSA) is 85.4 Å². The van der Waals surface area contributed by atoms with E-state index < -0.39 is 22.4 Å². The Morgan fingerprint density at radius 2 is 1.83 bits per heavy atom. The molecule has 7 nitrogen and oxygen atoms in total. The summed E-state index contributed by atoms with van der Waals surface area (Å²) in [6, 6.07) is -0.0934. The summed E-state index contributed by atoms with van der Waals surface area (Å²) in [5.41, 5.74) is -0.273. The molecule has 202 valence electrons. The van der Waals surface area contributed by atoms with E-state index in [0.29, 0.717) is 24.8 Å². The highest BCUT2D eigenvalue weighted by molar-refractivity contribution is 8.29. The van der Waals surface area contributed by atoms with Gasteiger partial charge in [0.25, 0.3) is 0 Å². The highest BCUT2D eigenvalue weighted by Crippen LogP contribution is 2.47. The zero-order valence-corrected chi connectivity index (χ0v) is 23.1. The van der Waals surface area contributed by atoms with Gasteiger partial charge in [0.1, 0.15) is 5.69 Å². The molecule has 1 amide bonds. The van der Waals surface area contributed by atoms with Crippen molar-refractivity contribution in [3.63, 3.8) is 0 Å². The van der Waals surface area contributed by atoms with E-state index in [1.54, 1.807) is 0 Å². The Morgan fingerprint density at radius 3 is 2.43 bits per heavy atom. The summed E-state index contributed by atoms with van der Waals surface area (Å²) in [7, 11) is -1.03. The first kappa shape index (κ1) is 30.3. The average molecular weight is 561 g/mol. The van der Waals surface area contributed by atoms with E-state index in [1.807, 2.05) is 12.2 Å². The van der Waals surface area contributed by atoms with Crippen molar-refractivity contribution in [3.05, 3.63) is 5.15 Å². The molecule has 1 aromatic heterocycles. The Morgan fingerprint density at radius 1 is 1.14 bits per heavy atom. The molecule has 0 spiro atoms. The van der Waals surface area contributed by atoms with Crippen LogP contribution in [-0.2, 0) is 13.7 Å². The van der Waals surface area contributed by atoms with Gasteiger partial charge in [0, 0.05) is 11.8 Å². The van der Waals surface area contributed by atoms with Crippen LogP contribution in [0.1, 0.15) is 53.4 Å². The van der Waals surface area contributed by atoms with Gasteiger partial charge in [-0.15, -0.1) is 10.3 Å². The molecular weight excluding hydrogens is 525 g/mol. The lowest BCUT2D eigenvalue weighted by Crippen LogP contribution is -2.31. The fourth-order valence-electron chi connectivity index (χ4n) is 3.78. The molecule has 2 unspecified atom stereocenters. The van der Waals surface area contributed by atoms with E-state index in [-0.39, 0.29) is 28.8 Å². The van der Waals surface area contributed by atoms with E-state index in [0.717, 1.165) is 42.3 Å². The number of ether oxygens (including phenoxy) is 1. The molecule has 1 saturated carbocycles. The summed E-state index contributed by atoms with van der Waals surface area (Å²) < 4.78 is 50.7. The first-order chi connectivity index (χ1) is 16.6. The molecule has 1 aromatic rings. The predicted molar refractivity (Wildman–Crippen MR) is 139 cm³/mol. The molecule has 13 heteroatoms. The number of halogens is 4. The molecule has 1 aliphatic carbocycles. The molecule has 1 heterocycles. The van der Waals surface area contributed by atoms with Crippen LogP contribution in [-0.4, -0.2) is 70.4 Å². The van der Waals surface area contributed by atoms with E-state index in [9.17, 15) is 18.0 Å². The summed E-state index contributed by atoms with van der Waals surface area (Å²) >= 11 is 7.50. The van der Waals surface area contributed by atoms with Gasteiger partial charge in [-0.05, 0) is 42.9 Å². The second-order valence-corrected chi connectivity index (χ2v) is 13.4. The maximum atomic E-state index is 12.8. The van der Waals surface area contributed by atoms with Crippen LogP contribution in [0.25, 0.3) is 0 Å². The van der Waals surface area contributed by atoms with E-state index in [1.165, 1.54) is 11.8 Å². The maximum Gasteiger partial charge on any atom is 0.471 e. The summed E-state index contributed by atoms with van der Waals surface area (Å²) in [6.07, 6.45) is -2.00. The van der Waals surface area contributed by atoms with Gasteiger partial charge in [-0.25, -0.2) is 9.97 Å². The molecule has 0 aliphatic heterocycles. The van der Waals surface area contributed by atoms with Crippen LogP contribution < -0.4 is 10.6 Å². The van der Waals surface area contributed by atoms with Gasteiger partial charge in [-0.3, -0.25) is 4.79 Å². The van der Waals surface area contributed by atoms with Gasteiger partial charge >= 0.3 is 12.1 Å². The molecule has 0 radical (unpaired) electrons. The van der Waals surface area contributed by atoms with Gasteiger partial charge in [-0.2, -0.15) is 13.2 Å². The van der Waals surface area contributed by atoms with Crippen molar-refractivity contribution in [3.8, 4) is 0 Å². The normalized spacial score (nSPS) is 19.1. The Balaban J connectivity index is 2.01. The van der Waals surface area contributed by atoms with Crippen LogP contribution in [0.15, 0.2) is 5.16 Å². The second-order valence-electron chi connectivity index (χ2n) is 8.12. The zero-order chi connectivity index (χ0) is 26.1. The summed E-state index contributed by atoms with van der Waals surface area (Å²) in [5, 5.41) is 5.07. The van der Waals surface area contributed by atoms with Crippen molar-refractivity contribution in [1.82, 2.24) is 9.97 Å². The number of alkyl halides is 3. The summed E-state index contributed by atoms with van der Waals surface area (Å²) in [5.74, 6) is 1.77. The van der Waals surface area contributed by atoms with Crippen LogP contribution in [0.5, 0.6) is 0 Å². The van der Waals surface area contributed by atoms with Gasteiger partial charge < -0.3 is 19.6 Å². The van der Waals surface area contributed by atoms with E-state index in [2.05, 4.69) is 36.1 Å². The van der Waals surface area contributed by atoms with E-state index in [4.69, 9.17) is 20.5 Å². The van der Waals surface area contributed by atoms with Crippen LogP contribution in [0.4, 0.5) is 24.7 Å². The van der Waals surface area contributed by atoms with Crippen LogP contribution >= 0.6 is 33.7 Å². The van der Waals surface area contributed by atoms with Crippen molar-refractivity contribution in [2.24, 2.45) is 0 Å². The Kier molecular flexibility index (Phi) is 12.2. The lowest BCUT2D eigenvalue weighted by atomic mass is 10.2. The highest BCUT2D eigenvalue weighted by Gasteiger charge is 2.40. The van der Waals surface area contributed by atoms with Crippen LogP contribution in [0.3, 0.4) is 0 Å². The lowest BCUT2D eigenvalue weighted by molar-refractivity contribution is -0.167. The number of anilines is 2. The predicted octanol–water partition coefficient (Wildman–Crippen LogP) is 6.28. The molecule has 2 rings (SSSR count). The standard InChI is InChI=1S/C22H36ClF3N4O3S2/c1-5-13-34-21-29-18(23)17(28-20(31)22(24,25)26)19(30-21)27-15-9-10-16(14-15)32-11-12-33-35(6-2,7-3)8-4/h15-16H,5-14H2,1-4H3,(H,28,31)(H,27,29,30). The summed E-state index contributed by atoms with van der Waals surface area (Å²) in [6.45, 7) is 9.51. The largest absolute Gasteiger partial charge is 0.471 e.